The Hall–Kier alpha value is -4.52. The third kappa shape index (κ3) is 8.75. The molecule has 12 nitrogen and oxygen atoms in total. The van der Waals surface area contributed by atoms with Gasteiger partial charge in [-0.15, -0.1) is 0 Å². The average molecular weight is 611 g/mol. The van der Waals surface area contributed by atoms with Crippen molar-refractivity contribution in [3.05, 3.63) is 59.4 Å². The first kappa shape index (κ1) is 32.4. The minimum Gasteiger partial charge on any atom is -0.442 e. The van der Waals surface area contributed by atoms with Crippen molar-refractivity contribution in [3.8, 4) is 0 Å². The van der Waals surface area contributed by atoms with Crippen molar-refractivity contribution >= 4 is 41.0 Å². The molecule has 1 atom stereocenters. The van der Waals surface area contributed by atoms with Crippen LogP contribution in [0.1, 0.15) is 35.7 Å². The van der Waals surface area contributed by atoms with Crippen LogP contribution in [0, 0.1) is 5.82 Å². The molecule has 236 valence electrons. The first-order valence-corrected chi connectivity index (χ1v) is 14.6. The predicted molar refractivity (Wildman–Crippen MR) is 162 cm³/mol. The Morgan fingerprint density at radius 2 is 1.68 bits per heavy atom. The summed E-state index contributed by atoms with van der Waals surface area (Å²) < 4.78 is 20.4. The molecule has 2 saturated heterocycles. The highest BCUT2D eigenvalue weighted by Crippen LogP contribution is 2.28. The summed E-state index contributed by atoms with van der Waals surface area (Å²) in [5, 5.41) is 5.43. The van der Waals surface area contributed by atoms with Crippen molar-refractivity contribution in [2.75, 3.05) is 69.7 Å². The molecule has 0 unspecified atom stereocenters. The number of halogens is 1. The molecule has 2 heterocycles. The lowest BCUT2D eigenvalue weighted by Gasteiger charge is -2.36. The summed E-state index contributed by atoms with van der Waals surface area (Å²) in [4.78, 5) is 67.4. The summed E-state index contributed by atoms with van der Waals surface area (Å²) in [5.41, 5.74) is 2.12. The van der Waals surface area contributed by atoms with Gasteiger partial charge in [-0.05, 0) is 37.9 Å². The molecule has 0 saturated carbocycles. The van der Waals surface area contributed by atoms with Crippen molar-refractivity contribution in [2.45, 2.75) is 32.4 Å². The number of hydrogen-bond donors (Lipinski definition) is 2. The van der Waals surface area contributed by atoms with E-state index in [1.807, 2.05) is 19.0 Å². The van der Waals surface area contributed by atoms with Crippen LogP contribution in [0.15, 0.2) is 42.5 Å². The van der Waals surface area contributed by atoms with Crippen LogP contribution in [-0.4, -0.2) is 105 Å². The SMILES string of the molecule is CC(=O)NC[C@H]1CN(c2ccc(N3CCN(C(=O)CCC(=O)c4ccc(CNC(=O)CN(C)C)cc4)CC3)c(F)c2)C(=O)O1. The van der Waals surface area contributed by atoms with Crippen LogP contribution in [-0.2, 0) is 25.7 Å². The largest absolute Gasteiger partial charge is 0.442 e. The molecule has 4 amide bonds. The zero-order chi connectivity index (χ0) is 31.8. The normalized spacial score (nSPS) is 16.6. The molecule has 0 spiro atoms. The Labute approximate surface area is 256 Å². The summed E-state index contributed by atoms with van der Waals surface area (Å²) in [6, 6.07) is 11.5. The number of Topliss-reactive ketones (excluding diaryl/α,β-unsaturated/α-hetero) is 1. The molecule has 2 N–H and O–H groups in total. The number of benzene rings is 2. The number of cyclic esters (lactones) is 1. The van der Waals surface area contributed by atoms with Crippen molar-refractivity contribution in [1.82, 2.24) is 20.4 Å². The third-order valence-corrected chi connectivity index (χ3v) is 7.46. The van der Waals surface area contributed by atoms with Gasteiger partial charge in [0.05, 0.1) is 31.0 Å². The lowest BCUT2D eigenvalue weighted by Crippen LogP contribution is -2.49. The molecule has 2 aliphatic heterocycles. The first-order valence-electron chi connectivity index (χ1n) is 14.6. The van der Waals surface area contributed by atoms with E-state index in [2.05, 4.69) is 10.6 Å². The zero-order valence-corrected chi connectivity index (χ0v) is 25.3. The standard InChI is InChI=1S/C31H39FN6O6/c1-21(39)33-18-25-19-38(31(43)44-25)24-8-9-27(26(32)16-24)36-12-14-37(15-13-36)30(42)11-10-28(40)23-6-4-22(5-7-23)17-34-29(41)20-35(2)3/h4-9,16,25H,10-15,17-20H2,1-3H3,(H,33,39)(H,34,41)/t25-/m0/s1. The van der Waals surface area contributed by atoms with E-state index in [1.54, 1.807) is 46.2 Å². The molecule has 44 heavy (non-hydrogen) atoms. The second-order valence-electron chi connectivity index (χ2n) is 11.2. The Morgan fingerprint density at radius 3 is 2.32 bits per heavy atom. The summed E-state index contributed by atoms with van der Waals surface area (Å²) in [6.45, 7) is 4.06. The summed E-state index contributed by atoms with van der Waals surface area (Å²) in [6.07, 6.45) is -0.955. The number of nitrogens with zero attached hydrogens (tertiary/aromatic N) is 4. The maximum atomic E-state index is 15.1. The van der Waals surface area contributed by atoms with E-state index in [0.29, 0.717) is 56.2 Å². The smallest absolute Gasteiger partial charge is 0.414 e. The van der Waals surface area contributed by atoms with E-state index in [0.717, 1.165) is 5.56 Å². The minimum atomic E-state index is -0.601. The Kier molecular flexibility index (Phi) is 10.9. The van der Waals surface area contributed by atoms with Crippen LogP contribution >= 0.6 is 0 Å². The van der Waals surface area contributed by atoms with Crippen molar-refractivity contribution in [3.63, 3.8) is 0 Å². The molecule has 2 aliphatic rings. The number of rotatable bonds is 12. The van der Waals surface area contributed by atoms with E-state index >= 15 is 4.39 Å². The number of ketones is 1. The number of hydrogen-bond acceptors (Lipinski definition) is 8. The van der Waals surface area contributed by atoms with Gasteiger partial charge in [-0.1, -0.05) is 24.3 Å². The highest BCUT2D eigenvalue weighted by molar-refractivity contribution is 5.98. The number of ether oxygens (including phenoxy) is 1. The number of carbonyl (C=O) groups excluding carboxylic acids is 5. The topological polar surface area (TPSA) is 132 Å². The number of nitrogens with one attached hydrogen (secondary N) is 2. The Balaban J connectivity index is 1.21. The van der Waals surface area contributed by atoms with Gasteiger partial charge >= 0.3 is 6.09 Å². The van der Waals surface area contributed by atoms with Gasteiger partial charge in [0.2, 0.25) is 17.7 Å². The van der Waals surface area contributed by atoms with Crippen LogP contribution in [0.25, 0.3) is 0 Å². The second-order valence-corrected chi connectivity index (χ2v) is 11.2. The van der Waals surface area contributed by atoms with Crippen LogP contribution in [0.5, 0.6) is 0 Å². The van der Waals surface area contributed by atoms with Gasteiger partial charge in [-0.2, -0.15) is 0 Å². The molecule has 0 bridgehead atoms. The van der Waals surface area contributed by atoms with E-state index in [1.165, 1.54) is 17.9 Å². The molecule has 0 radical (unpaired) electrons. The molecule has 2 fully saturated rings. The predicted octanol–water partition coefficient (Wildman–Crippen LogP) is 1.78. The van der Waals surface area contributed by atoms with Crippen LogP contribution in [0.3, 0.4) is 0 Å². The van der Waals surface area contributed by atoms with E-state index in [9.17, 15) is 24.0 Å². The van der Waals surface area contributed by atoms with E-state index in [4.69, 9.17) is 4.74 Å². The van der Waals surface area contributed by atoms with Gasteiger partial charge in [-0.25, -0.2) is 9.18 Å². The zero-order valence-electron chi connectivity index (χ0n) is 25.3. The molecule has 0 aromatic heterocycles. The highest BCUT2D eigenvalue weighted by Gasteiger charge is 2.33. The van der Waals surface area contributed by atoms with Crippen LogP contribution in [0.2, 0.25) is 0 Å². The Bertz CT molecular complexity index is 1380. The molecule has 13 heteroatoms. The van der Waals surface area contributed by atoms with Gasteiger partial charge in [0, 0.05) is 58.1 Å². The molecule has 0 aliphatic carbocycles. The van der Waals surface area contributed by atoms with E-state index < -0.39 is 18.0 Å². The molecular weight excluding hydrogens is 571 g/mol. The first-order chi connectivity index (χ1) is 21.0. The lowest BCUT2D eigenvalue weighted by atomic mass is 10.0. The second kappa shape index (κ2) is 14.8. The fourth-order valence-corrected chi connectivity index (χ4v) is 5.09. The number of anilines is 2. The molecule has 2 aromatic carbocycles. The molecule has 2 aromatic rings. The summed E-state index contributed by atoms with van der Waals surface area (Å²) in [7, 11) is 3.63. The van der Waals surface area contributed by atoms with Gasteiger partial charge < -0.3 is 30.1 Å². The number of carbonyl (C=O) groups is 5. The maximum absolute atomic E-state index is 15.1. The third-order valence-electron chi connectivity index (χ3n) is 7.46. The van der Waals surface area contributed by atoms with Gasteiger partial charge in [0.25, 0.3) is 0 Å². The van der Waals surface area contributed by atoms with Crippen molar-refractivity contribution in [2.24, 2.45) is 0 Å². The molecule has 4 rings (SSSR count). The Morgan fingerprint density at radius 1 is 0.977 bits per heavy atom. The number of amides is 4. The minimum absolute atomic E-state index is 0.0820. The van der Waals surface area contributed by atoms with Crippen LogP contribution in [0.4, 0.5) is 20.6 Å². The highest BCUT2D eigenvalue weighted by atomic mass is 19.1. The van der Waals surface area contributed by atoms with E-state index in [-0.39, 0.29) is 49.4 Å². The van der Waals surface area contributed by atoms with Gasteiger partial charge in [0.15, 0.2) is 5.78 Å². The number of piperazine rings is 1. The maximum Gasteiger partial charge on any atom is 0.414 e. The molecular formula is C31H39FN6O6. The van der Waals surface area contributed by atoms with Gasteiger partial charge in [0.1, 0.15) is 11.9 Å². The summed E-state index contributed by atoms with van der Waals surface area (Å²) in [5.74, 6) is -1.07. The van der Waals surface area contributed by atoms with Crippen molar-refractivity contribution < 1.29 is 33.1 Å². The summed E-state index contributed by atoms with van der Waals surface area (Å²) >= 11 is 0. The quantitative estimate of drug-likeness (QED) is 0.348. The van der Waals surface area contributed by atoms with Crippen molar-refractivity contribution in [1.29, 1.82) is 0 Å². The monoisotopic (exact) mass is 610 g/mol. The van der Waals surface area contributed by atoms with Crippen LogP contribution < -0.4 is 20.4 Å². The average Bonchev–Trinajstić information content (AvgIpc) is 3.37. The fourth-order valence-electron chi connectivity index (χ4n) is 5.09. The lowest BCUT2D eigenvalue weighted by molar-refractivity contribution is -0.131. The fraction of sp³-hybridized carbons (Fsp3) is 0.452. The number of likely N-dealkylation sites (N-methyl/N-ethyl adjacent to an activating group) is 1. The van der Waals surface area contributed by atoms with Gasteiger partial charge in [-0.3, -0.25) is 24.1 Å².